The minimum Gasteiger partial charge on any atom is -0.509 e. The molecule has 1 unspecified atom stereocenters. The van der Waals surface area contributed by atoms with Gasteiger partial charge in [-0.3, -0.25) is 9.59 Å². The molecule has 1 N–H and O–H groups in total. The molecule has 1 aliphatic heterocycles. The lowest BCUT2D eigenvalue weighted by molar-refractivity contribution is -0.130. The highest BCUT2D eigenvalue weighted by Crippen LogP contribution is 2.32. The highest BCUT2D eigenvalue weighted by molar-refractivity contribution is 6.20. The maximum atomic E-state index is 12.5. The minimum absolute atomic E-state index is 0.0590. The van der Waals surface area contributed by atoms with Gasteiger partial charge in [-0.2, -0.15) is 0 Å². The summed E-state index contributed by atoms with van der Waals surface area (Å²) >= 11 is 0. The largest absolute Gasteiger partial charge is 0.509 e. The van der Waals surface area contributed by atoms with Crippen LogP contribution in [0.15, 0.2) is 41.7 Å². The van der Waals surface area contributed by atoms with E-state index in [-0.39, 0.29) is 28.9 Å². The molecular formula is C17H21NO3. The Bertz CT molecular complexity index is 577. The van der Waals surface area contributed by atoms with Crippen molar-refractivity contribution in [2.75, 3.05) is 0 Å². The number of aliphatic hydroxyl groups excluding tert-OH is 1. The Morgan fingerprint density at radius 2 is 1.95 bits per heavy atom. The Labute approximate surface area is 125 Å². The second-order valence-electron chi connectivity index (χ2n) is 5.57. The summed E-state index contributed by atoms with van der Waals surface area (Å²) in [5, 5.41) is 10.3. The fraction of sp³-hybridized carbons (Fsp3) is 0.412. The summed E-state index contributed by atoms with van der Waals surface area (Å²) in [4.78, 5) is 25.7. The van der Waals surface area contributed by atoms with E-state index in [0.717, 1.165) is 12.0 Å². The van der Waals surface area contributed by atoms with Gasteiger partial charge in [0.05, 0.1) is 6.04 Å². The SMILES string of the molecule is CCC(C)[C@H]1C(O)=C(C(C)=O)C(=O)N1Cc1ccccc1. The van der Waals surface area contributed by atoms with E-state index in [1.807, 2.05) is 44.2 Å². The Morgan fingerprint density at radius 3 is 2.48 bits per heavy atom. The molecule has 2 rings (SSSR count). The summed E-state index contributed by atoms with van der Waals surface area (Å²) in [6.45, 7) is 5.71. The summed E-state index contributed by atoms with van der Waals surface area (Å²) in [7, 11) is 0. The van der Waals surface area contributed by atoms with Crippen LogP contribution < -0.4 is 0 Å². The van der Waals surface area contributed by atoms with Crippen LogP contribution in [0.2, 0.25) is 0 Å². The van der Waals surface area contributed by atoms with Crippen molar-refractivity contribution in [2.24, 2.45) is 5.92 Å². The van der Waals surface area contributed by atoms with Gasteiger partial charge in [-0.1, -0.05) is 50.6 Å². The molecule has 0 aliphatic carbocycles. The molecule has 2 atom stereocenters. The number of Topliss-reactive ketones (excluding diaryl/α,β-unsaturated/α-hetero) is 1. The quantitative estimate of drug-likeness (QED) is 0.847. The molecule has 1 aliphatic rings. The fourth-order valence-electron chi connectivity index (χ4n) is 2.76. The fourth-order valence-corrected chi connectivity index (χ4v) is 2.76. The van der Waals surface area contributed by atoms with Gasteiger partial charge in [0.25, 0.3) is 5.91 Å². The number of hydrogen-bond acceptors (Lipinski definition) is 3. The number of aliphatic hydroxyl groups is 1. The lowest BCUT2D eigenvalue weighted by Gasteiger charge is -2.29. The van der Waals surface area contributed by atoms with E-state index in [4.69, 9.17) is 0 Å². The summed E-state index contributed by atoms with van der Waals surface area (Å²) in [5.41, 5.74) is 0.924. The number of hydrogen-bond donors (Lipinski definition) is 1. The van der Waals surface area contributed by atoms with Gasteiger partial charge in [-0.05, 0) is 18.4 Å². The average molecular weight is 287 g/mol. The minimum atomic E-state index is -0.415. The first-order valence-corrected chi connectivity index (χ1v) is 7.26. The van der Waals surface area contributed by atoms with Gasteiger partial charge < -0.3 is 10.0 Å². The topological polar surface area (TPSA) is 57.6 Å². The van der Waals surface area contributed by atoms with Crippen molar-refractivity contribution in [2.45, 2.75) is 39.8 Å². The molecule has 21 heavy (non-hydrogen) atoms. The predicted octanol–water partition coefficient (Wildman–Crippen LogP) is 2.84. The van der Waals surface area contributed by atoms with E-state index in [1.165, 1.54) is 6.92 Å². The zero-order chi connectivity index (χ0) is 15.6. The van der Waals surface area contributed by atoms with Crippen LogP contribution in [-0.2, 0) is 16.1 Å². The summed E-state index contributed by atoms with van der Waals surface area (Å²) in [6, 6.07) is 9.19. The van der Waals surface area contributed by atoms with E-state index < -0.39 is 6.04 Å². The van der Waals surface area contributed by atoms with Gasteiger partial charge in [0.15, 0.2) is 5.78 Å². The highest BCUT2D eigenvalue weighted by atomic mass is 16.3. The molecule has 0 saturated carbocycles. The standard InChI is InChI=1S/C17H21NO3/c1-4-11(2)15-16(20)14(12(3)19)17(21)18(15)10-13-8-6-5-7-9-13/h5-9,11,15,20H,4,10H2,1-3H3/t11?,15-/m0/s1. The summed E-state index contributed by atoms with van der Waals surface area (Å²) in [6.07, 6.45) is 0.818. The molecule has 112 valence electrons. The van der Waals surface area contributed by atoms with Gasteiger partial charge >= 0.3 is 0 Å². The molecule has 0 spiro atoms. The van der Waals surface area contributed by atoms with Crippen molar-refractivity contribution in [1.29, 1.82) is 0 Å². The molecular weight excluding hydrogens is 266 g/mol. The third-order valence-corrected chi connectivity index (χ3v) is 4.08. The van der Waals surface area contributed by atoms with Gasteiger partial charge in [0, 0.05) is 6.54 Å². The Hall–Kier alpha value is -2.10. The van der Waals surface area contributed by atoms with Crippen LogP contribution in [0.3, 0.4) is 0 Å². The molecule has 1 heterocycles. The molecule has 4 heteroatoms. The summed E-state index contributed by atoms with van der Waals surface area (Å²) in [5.74, 6) is -0.720. The Balaban J connectivity index is 2.35. The number of amides is 1. The second-order valence-corrected chi connectivity index (χ2v) is 5.57. The van der Waals surface area contributed by atoms with E-state index >= 15 is 0 Å². The molecule has 1 aromatic rings. The van der Waals surface area contributed by atoms with Crippen molar-refractivity contribution < 1.29 is 14.7 Å². The molecule has 0 fully saturated rings. The predicted molar refractivity (Wildman–Crippen MR) is 80.6 cm³/mol. The van der Waals surface area contributed by atoms with E-state index in [9.17, 15) is 14.7 Å². The summed E-state index contributed by atoms with van der Waals surface area (Å²) < 4.78 is 0. The van der Waals surface area contributed by atoms with Gasteiger partial charge in [0.2, 0.25) is 0 Å². The van der Waals surface area contributed by atoms with Crippen molar-refractivity contribution >= 4 is 11.7 Å². The number of benzene rings is 1. The third kappa shape index (κ3) is 2.84. The number of ketones is 1. The van der Waals surface area contributed by atoms with Crippen LogP contribution in [-0.4, -0.2) is 27.7 Å². The molecule has 0 bridgehead atoms. The normalized spacial score (nSPS) is 20.0. The van der Waals surface area contributed by atoms with E-state index in [0.29, 0.717) is 6.54 Å². The zero-order valence-corrected chi connectivity index (χ0v) is 12.7. The lowest BCUT2D eigenvalue weighted by atomic mass is 9.96. The zero-order valence-electron chi connectivity index (χ0n) is 12.7. The van der Waals surface area contributed by atoms with Crippen molar-refractivity contribution in [1.82, 2.24) is 4.90 Å². The monoisotopic (exact) mass is 287 g/mol. The molecule has 4 nitrogen and oxygen atoms in total. The van der Waals surface area contributed by atoms with Crippen LogP contribution >= 0.6 is 0 Å². The molecule has 0 saturated heterocycles. The van der Waals surface area contributed by atoms with Crippen molar-refractivity contribution in [3.05, 3.63) is 47.2 Å². The van der Waals surface area contributed by atoms with Crippen molar-refractivity contribution in [3.63, 3.8) is 0 Å². The van der Waals surface area contributed by atoms with E-state index in [2.05, 4.69) is 0 Å². The maximum absolute atomic E-state index is 12.5. The smallest absolute Gasteiger partial charge is 0.261 e. The van der Waals surface area contributed by atoms with Gasteiger partial charge in [-0.15, -0.1) is 0 Å². The first-order chi connectivity index (χ1) is 9.97. The molecule has 0 radical (unpaired) electrons. The second kappa shape index (κ2) is 6.12. The molecule has 1 aromatic carbocycles. The molecule has 0 aromatic heterocycles. The third-order valence-electron chi connectivity index (χ3n) is 4.08. The Morgan fingerprint density at radius 1 is 1.33 bits per heavy atom. The highest BCUT2D eigenvalue weighted by Gasteiger charge is 2.43. The molecule has 1 amide bonds. The Kier molecular flexibility index (Phi) is 4.46. The van der Waals surface area contributed by atoms with Crippen LogP contribution in [0.5, 0.6) is 0 Å². The maximum Gasteiger partial charge on any atom is 0.261 e. The van der Waals surface area contributed by atoms with Crippen LogP contribution in [0.1, 0.15) is 32.8 Å². The van der Waals surface area contributed by atoms with Crippen molar-refractivity contribution in [3.8, 4) is 0 Å². The van der Waals surface area contributed by atoms with E-state index in [1.54, 1.807) is 4.90 Å². The van der Waals surface area contributed by atoms with Gasteiger partial charge in [-0.25, -0.2) is 0 Å². The van der Waals surface area contributed by atoms with Gasteiger partial charge in [0.1, 0.15) is 11.3 Å². The van der Waals surface area contributed by atoms with Crippen LogP contribution in [0.4, 0.5) is 0 Å². The number of nitrogens with zero attached hydrogens (tertiary/aromatic N) is 1. The van der Waals surface area contributed by atoms with Crippen LogP contribution in [0.25, 0.3) is 0 Å². The lowest BCUT2D eigenvalue weighted by Crippen LogP contribution is -2.39. The first kappa shape index (κ1) is 15.3. The number of carbonyl (C=O) groups excluding carboxylic acids is 2. The number of rotatable bonds is 5. The number of carbonyl (C=O) groups is 2. The average Bonchev–Trinajstić information content (AvgIpc) is 2.70. The first-order valence-electron chi connectivity index (χ1n) is 7.26. The van der Waals surface area contributed by atoms with Crippen LogP contribution in [0, 0.1) is 5.92 Å².